The Bertz CT molecular complexity index is 680. The van der Waals surface area contributed by atoms with E-state index in [0.29, 0.717) is 18.8 Å². The Morgan fingerprint density at radius 2 is 1.89 bits per heavy atom. The molecule has 0 amide bonds. The van der Waals surface area contributed by atoms with Crippen LogP contribution in [0.1, 0.15) is 11.3 Å². The predicted octanol–water partition coefficient (Wildman–Crippen LogP) is 2.64. The fraction of sp³-hybridized carbons (Fsp3) is 0.267. The minimum absolute atomic E-state index is 0.575. The van der Waals surface area contributed by atoms with Crippen LogP contribution in [0, 0.1) is 18.3 Å². The van der Waals surface area contributed by atoms with E-state index in [4.69, 9.17) is 14.7 Å². The summed E-state index contributed by atoms with van der Waals surface area (Å²) in [7, 11) is 1.96. The van der Waals surface area contributed by atoms with Crippen molar-refractivity contribution in [3.05, 3.63) is 35.5 Å². The van der Waals surface area contributed by atoms with Crippen molar-refractivity contribution in [1.29, 1.82) is 5.26 Å². The molecule has 0 radical (unpaired) electrons. The third kappa shape index (κ3) is 1.84. The highest BCUT2D eigenvalue weighted by Crippen LogP contribution is 2.35. The van der Waals surface area contributed by atoms with Crippen LogP contribution in [0.15, 0.2) is 24.3 Å². The van der Waals surface area contributed by atoms with Crippen molar-refractivity contribution in [2.24, 2.45) is 7.05 Å². The average Bonchev–Trinajstić information content (AvgIpc) is 2.74. The molecule has 0 bridgehead atoms. The molecule has 0 spiro atoms. The van der Waals surface area contributed by atoms with Crippen molar-refractivity contribution >= 4 is 0 Å². The quantitative estimate of drug-likeness (QED) is 0.786. The number of nitrogens with zero attached hydrogens (tertiary/aromatic N) is 2. The normalized spacial score (nSPS) is 13.1. The Balaban J connectivity index is 2.10. The number of ether oxygens (including phenoxy) is 2. The van der Waals surface area contributed by atoms with Crippen LogP contribution in [-0.2, 0) is 7.05 Å². The van der Waals surface area contributed by atoms with Crippen LogP contribution in [0.3, 0.4) is 0 Å². The zero-order valence-corrected chi connectivity index (χ0v) is 10.9. The van der Waals surface area contributed by atoms with E-state index in [1.54, 1.807) is 0 Å². The number of fused-ring (bicyclic) bond motifs is 1. The van der Waals surface area contributed by atoms with Gasteiger partial charge in [-0.1, -0.05) is 0 Å². The van der Waals surface area contributed by atoms with Crippen molar-refractivity contribution in [3.8, 4) is 28.8 Å². The van der Waals surface area contributed by atoms with E-state index >= 15 is 0 Å². The molecule has 0 unspecified atom stereocenters. The number of nitriles is 1. The number of hydrogen-bond donors (Lipinski definition) is 0. The Labute approximate surface area is 111 Å². The molecule has 4 heteroatoms. The second-order valence-corrected chi connectivity index (χ2v) is 4.56. The van der Waals surface area contributed by atoms with Gasteiger partial charge in [0.2, 0.25) is 0 Å². The van der Waals surface area contributed by atoms with Crippen LogP contribution in [0.4, 0.5) is 0 Å². The van der Waals surface area contributed by atoms with Crippen molar-refractivity contribution in [2.75, 3.05) is 13.2 Å². The van der Waals surface area contributed by atoms with Gasteiger partial charge in [0.1, 0.15) is 19.3 Å². The van der Waals surface area contributed by atoms with Crippen molar-refractivity contribution in [1.82, 2.24) is 4.57 Å². The summed E-state index contributed by atoms with van der Waals surface area (Å²) in [6, 6.07) is 9.98. The molecule has 4 nitrogen and oxygen atoms in total. The summed E-state index contributed by atoms with van der Waals surface area (Å²) < 4.78 is 13.1. The summed E-state index contributed by atoms with van der Waals surface area (Å²) in [5.41, 5.74) is 3.70. The maximum atomic E-state index is 9.09. The molecule has 96 valence electrons. The van der Waals surface area contributed by atoms with Crippen LogP contribution < -0.4 is 9.47 Å². The third-order valence-corrected chi connectivity index (χ3v) is 3.49. The smallest absolute Gasteiger partial charge is 0.162 e. The number of rotatable bonds is 1. The Hall–Kier alpha value is -2.41. The van der Waals surface area contributed by atoms with Crippen molar-refractivity contribution in [3.63, 3.8) is 0 Å². The monoisotopic (exact) mass is 254 g/mol. The van der Waals surface area contributed by atoms with Gasteiger partial charge in [-0.3, -0.25) is 0 Å². The molecule has 1 aliphatic heterocycles. The summed E-state index contributed by atoms with van der Waals surface area (Å²) in [6.07, 6.45) is 0. The number of hydrogen-bond acceptors (Lipinski definition) is 3. The van der Waals surface area contributed by atoms with E-state index < -0.39 is 0 Å². The molecule has 1 aromatic carbocycles. The zero-order chi connectivity index (χ0) is 13.4. The topological polar surface area (TPSA) is 47.2 Å². The summed E-state index contributed by atoms with van der Waals surface area (Å²) in [6.45, 7) is 3.11. The maximum absolute atomic E-state index is 9.09. The minimum atomic E-state index is 0.575. The van der Waals surface area contributed by atoms with Gasteiger partial charge in [-0.15, -0.1) is 0 Å². The Morgan fingerprint density at radius 1 is 1.16 bits per heavy atom. The van der Waals surface area contributed by atoms with E-state index in [1.165, 1.54) is 0 Å². The number of aromatic nitrogens is 1. The molecule has 0 fully saturated rings. The van der Waals surface area contributed by atoms with Crippen LogP contribution in [0.5, 0.6) is 11.5 Å². The average molecular weight is 254 g/mol. The lowest BCUT2D eigenvalue weighted by molar-refractivity contribution is 0.171. The molecule has 1 aromatic heterocycles. The zero-order valence-electron chi connectivity index (χ0n) is 10.9. The lowest BCUT2D eigenvalue weighted by atomic mass is 10.1. The molecule has 3 rings (SSSR count). The number of benzene rings is 1. The summed E-state index contributed by atoms with van der Waals surface area (Å²) in [4.78, 5) is 0. The first-order chi connectivity index (χ1) is 9.20. The largest absolute Gasteiger partial charge is 0.486 e. The summed E-state index contributed by atoms with van der Waals surface area (Å²) in [5, 5.41) is 9.09. The van der Waals surface area contributed by atoms with Gasteiger partial charge in [-0.2, -0.15) is 5.26 Å². The highest BCUT2D eigenvalue weighted by atomic mass is 16.6. The fourth-order valence-electron chi connectivity index (χ4n) is 2.29. The first-order valence-corrected chi connectivity index (χ1v) is 6.17. The van der Waals surface area contributed by atoms with Crippen molar-refractivity contribution < 1.29 is 9.47 Å². The van der Waals surface area contributed by atoms with Crippen LogP contribution in [0.25, 0.3) is 11.3 Å². The lowest BCUT2D eigenvalue weighted by Gasteiger charge is -2.19. The van der Waals surface area contributed by atoms with E-state index in [1.807, 2.05) is 42.8 Å². The molecule has 0 aliphatic carbocycles. The van der Waals surface area contributed by atoms with Gasteiger partial charge in [0, 0.05) is 24.0 Å². The van der Waals surface area contributed by atoms with E-state index in [0.717, 1.165) is 28.5 Å². The second kappa shape index (κ2) is 4.36. The third-order valence-electron chi connectivity index (χ3n) is 3.49. The Morgan fingerprint density at radius 3 is 2.58 bits per heavy atom. The highest BCUT2D eigenvalue weighted by Gasteiger charge is 2.15. The van der Waals surface area contributed by atoms with Gasteiger partial charge < -0.3 is 14.0 Å². The highest BCUT2D eigenvalue weighted by molar-refractivity contribution is 5.67. The van der Waals surface area contributed by atoms with Gasteiger partial charge in [0.05, 0.1) is 5.56 Å². The molecule has 0 saturated heterocycles. The standard InChI is InChI=1S/C15H14N2O2/c1-10-12(9-16)7-13(17(10)2)11-3-4-14-15(8-11)19-6-5-18-14/h3-4,7-8H,5-6H2,1-2H3. The first-order valence-electron chi connectivity index (χ1n) is 6.17. The molecule has 0 atom stereocenters. The predicted molar refractivity (Wildman–Crippen MR) is 71.3 cm³/mol. The van der Waals surface area contributed by atoms with Gasteiger partial charge in [0.25, 0.3) is 0 Å². The summed E-state index contributed by atoms with van der Waals surface area (Å²) in [5.74, 6) is 1.54. The molecule has 2 heterocycles. The van der Waals surface area contributed by atoms with Gasteiger partial charge in [-0.25, -0.2) is 0 Å². The van der Waals surface area contributed by atoms with E-state index in [-0.39, 0.29) is 0 Å². The minimum Gasteiger partial charge on any atom is -0.486 e. The van der Waals surface area contributed by atoms with Crippen molar-refractivity contribution in [2.45, 2.75) is 6.92 Å². The second-order valence-electron chi connectivity index (χ2n) is 4.56. The van der Waals surface area contributed by atoms with Gasteiger partial charge in [-0.05, 0) is 31.2 Å². The molecule has 2 aromatic rings. The fourth-order valence-corrected chi connectivity index (χ4v) is 2.29. The maximum Gasteiger partial charge on any atom is 0.162 e. The lowest BCUT2D eigenvalue weighted by Crippen LogP contribution is -2.15. The van der Waals surface area contributed by atoms with E-state index in [2.05, 4.69) is 6.07 Å². The molecule has 0 N–H and O–H groups in total. The van der Waals surface area contributed by atoms with Crippen LogP contribution in [-0.4, -0.2) is 17.8 Å². The summed E-state index contributed by atoms with van der Waals surface area (Å²) >= 11 is 0. The van der Waals surface area contributed by atoms with Gasteiger partial charge >= 0.3 is 0 Å². The SMILES string of the molecule is Cc1c(C#N)cc(-c2ccc3c(c2)OCCO3)n1C. The van der Waals surface area contributed by atoms with Crippen LogP contribution in [0.2, 0.25) is 0 Å². The van der Waals surface area contributed by atoms with Gasteiger partial charge in [0.15, 0.2) is 11.5 Å². The molecule has 19 heavy (non-hydrogen) atoms. The molecular formula is C15H14N2O2. The van der Waals surface area contributed by atoms with E-state index in [9.17, 15) is 0 Å². The molecule has 1 aliphatic rings. The Kier molecular flexibility index (Phi) is 2.68. The first kappa shape index (κ1) is 11.7. The molecular weight excluding hydrogens is 240 g/mol. The van der Waals surface area contributed by atoms with Crippen LogP contribution >= 0.6 is 0 Å². The molecule has 0 saturated carbocycles.